The Hall–Kier alpha value is -3.48. The molecule has 1 atom stereocenters. The molecule has 2 aromatic carbocycles. The van der Waals surface area contributed by atoms with E-state index in [0.717, 1.165) is 11.6 Å². The molecule has 0 aromatic heterocycles. The van der Waals surface area contributed by atoms with E-state index < -0.39 is 22.8 Å². The van der Waals surface area contributed by atoms with Crippen LogP contribution in [-0.2, 0) is 9.53 Å². The van der Waals surface area contributed by atoms with Gasteiger partial charge >= 0.3 is 5.97 Å². The monoisotopic (exact) mass is 354 g/mol. The number of nitrogens with zero attached hydrogens (tertiary/aromatic N) is 1. The number of esters is 1. The first-order valence-electron chi connectivity index (χ1n) is 7.86. The molecule has 2 rings (SSSR count). The Bertz CT molecular complexity index is 818. The first kappa shape index (κ1) is 18.9. The van der Waals surface area contributed by atoms with Crippen molar-refractivity contribution in [1.29, 1.82) is 0 Å². The van der Waals surface area contributed by atoms with Crippen LogP contribution in [0.5, 0.6) is 0 Å². The van der Waals surface area contributed by atoms with Crippen LogP contribution in [0.3, 0.4) is 0 Å². The fraction of sp³-hybridized carbons (Fsp3) is 0.158. The van der Waals surface area contributed by atoms with E-state index in [-0.39, 0.29) is 17.7 Å². The number of nitro groups is 1. The van der Waals surface area contributed by atoms with Crippen LogP contribution in [0.1, 0.15) is 22.3 Å². The Morgan fingerprint density at radius 3 is 2.58 bits per heavy atom. The van der Waals surface area contributed by atoms with Gasteiger partial charge in [0.2, 0.25) is 0 Å². The summed E-state index contributed by atoms with van der Waals surface area (Å²) in [4.78, 5) is 34.5. The van der Waals surface area contributed by atoms with Crippen LogP contribution < -0.4 is 5.32 Å². The molecule has 134 valence electrons. The molecule has 0 bridgehead atoms. The zero-order chi connectivity index (χ0) is 18.9. The number of non-ortho nitro benzene ring substituents is 1. The molecule has 0 aliphatic rings. The summed E-state index contributed by atoms with van der Waals surface area (Å²) in [6.07, 6.45) is 3.81. The molecule has 0 radical (unpaired) electrons. The van der Waals surface area contributed by atoms with Crippen molar-refractivity contribution in [3.8, 4) is 0 Å². The number of nitro benzene ring substituents is 1. The largest absolute Gasteiger partial charge is 0.467 e. The molecule has 26 heavy (non-hydrogen) atoms. The smallest absolute Gasteiger partial charge is 0.328 e. The van der Waals surface area contributed by atoms with Crippen molar-refractivity contribution in [1.82, 2.24) is 5.32 Å². The first-order chi connectivity index (χ1) is 12.5. The second-order valence-electron chi connectivity index (χ2n) is 5.41. The third-order valence-corrected chi connectivity index (χ3v) is 3.59. The fourth-order valence-corrected chi connectivity index (χ4v) is 2.26. The summed E-state index contributed by atoms with van der Waals surface area (Å²) in [5.74, 6) is -1.18. The van der Waals surface area contributed by atoms with Crippen molar-refractivity contribution in [2.24, 2.45) is 0 Å². The standard InChI is InChI=1S/C19H18N2O5/c1-26-19(23)17(12-5-9-14-7-3-2-4-8-14)20-18(22)15-10-6-11-16(13-15)21(24)25/h2-11,13,17H,12H2,1H3,(H,20,22)/b9-5+/t17-/m0/s1. The lowest BCUT2D eigenvalue weighted by atomic mass is 10.1. The minimum Gasteiger partial charge on any atom is -0.467 e. The van der Waals surface area contributed by atoms with Crippen LogP contribution in [0.15, 0.2) is 60.7 Å². The van der Waals surface area contributed by atoms with E-state index in [9.17, 15) is 19.7 Å². The maximum Gasteiger partial charge on any atom is 0.328 e. The Balaban J connectivity index is 2.08. The minimum absolute atomic E-state index is 0.0974. The number of rotatable bonds is 7. The molecular weight excluding hydrogens is 336 g/mol. The third-order valence-electron chi connectivity index (χ3n) is 3.59. The van der Waals surface area contributed by atoms with Crippen molar-refractivity contribution in [3.63, 3.8) is 0 Å². The number of hydrogen-bond acceptors (Lipinski definition) is 5. The van der Waals surface area contributed by atoms with Gasteiger partial charge in [0.05, 0.1) is 12.0 Å². The van der Waals surface area contributed by atoms with Gasteiger partial charge < -0.3 is 10.1 Å². The number of hydrogen-bond donors (Lipinski definition) is 1. The highest BCUT2D eigenvalue weighted by atomic mass is 16.6. The number of carbonyl (C=O) groups excluding carboxylic acids is 2. The predicted molar refractivity (Wildman–Crippen MR) is 96.5 cm³/mol. The number of amides is 1. The van der Waals surface area contributed by atoms with Gasteiger partial charge in [-0.3, -0.25) is 14.9 Å². The lowest BCUT2D eigenvalue weighted by molar-refractivity contribution is -0.384. The zero-order valence-electron chi connectivity index (χ0n) is 14.1. The maximum absolute atomic E-state index is 12.3. The Labute approximate surface area is 150 Å². The SMILES string of the molecule is COC(=O)[C@H](C/C=C/c1ccccc1)NC(=O)c1cccc([N+](=O)[O-])c1. The van der Waals surface area contributed by atoms with Gasteiger partial charge in [0.25, 0.3) is 11.6 Å². The Morgan fingerprint density at radius 1 is 1.19 bits per heavy atom. The highest BCUT2D eigenvalue weighted by Crippen LogP contribution is 2.13. The third kappa shape index (κ3) is 5.27. The van der Waals surface area contributed by atoms with E-state index in [1.165, 1.54) is 25.3 Å². The van der Waals surface area contributed by atoms with Gasteiger partial charge in [0.15, 0.2) is 0 Å². The molecule has 0 fully saturated rings. The minimum atomic E-state index is -0.897. The maximum atomic E-state index is 12.3. The molecule has 0 aliphatic heterocycles. The van der Waals surface area contributed by atoms with E-state index >= 15 is 0 Å². The van der Waals surface area contributed by atoms with Gasteiger partial charge in [0.1, 0.15) is 6.04 Å². The number of benzene rings is 2. The highest BCUT2D eigenvalue weighted by Gasteiger charge is 2.21. The summed E-state index contributed by atoms with van der Waals surface area (Å²) in [6.45, 7) is 0. The molecule has 0 saturated heterocycles. The highest BCUT2D eigenvalue weighted by molar-refractivity contribution is 5.97. The lowest BCUT2D eigenvalue weighted by Gasteiger charge is -2.14. The molecule has 1 N–H and O–H groups in total. The second-order valence-corrected chi connectivity index (χ2v) is 5.41. The number of nitrogens with one attached hydrogen (secondary N) is 1. The molecule has 0 spiro atoms. The van der Waals surface area contributed by atoms with E-state index in [4.69, 9.17) is 4.74 Å². The molecule has 0 saturated carbocycles. The van der Waals surface area contributed by atoms with Gasteiger partial charge in [-0.15, -0.1) is 0 Å². The van der Waals surface area contributed by atoms with Crippen molar-refractivity contribution in [2.45, 2.75) is 12.5 Å². The van der Waals surface area contributed by atoms with Crippen LogP contribution >= 0.6 is 0 Å². The zero-order valence-corrected chi connectivity index (χ0v) is 14.1. The molecule has 1 amide bonds. The number of carbonyl (C=O) groups is 2. The van der Waals surface area contributed by atoms with Gasteiger partial charge in [-0.25, -0.2) is 4.79 Å². The van der Waals surface area contributed by atoms with Gasteiger partial charge in [0, 0.05) is 17.7 Å². The molecular formula is C19H18N2O5. The van der Waals surface area contributed by atoms with E-state index in [1.54, 1.807) is 6.08 Å². The quantitative estimate of drug-likeness (QED) is 0.468. The predicted octanol–water partition coefficient (Wildman–Crippen LogP) is 2.97. The normalized spacial score (nSPS) is 11.7. The summed E-state index contributed by atoms with van der Waals surface area (Å²) in [6, 6.07) is 13.9. The topological polar surface area (TPSA) is 98.5 Å². The Kier molecular flexibility index (Phi) is 6.61. The van der Waals surface area contributed by atoms with E-state index in [2.05, 4.69) is 5.32 Å². The van der Waals surface area contributed by atoms with Gasteiger partial charge in [-0.05, 0) is 18.1 Å². The summed E-state index contributed by atoms with van der Waals surface area (Å²) in [5, 5.41) is 13.4. The van der Waals surface area contributed by atoms with Crippen LogP contribution in [-0.4, -0.2) is 30.0 Å². The molecule has 7 nitrogen and oxygen atoms in total. The summed E-state index contributed by atoms with van der Waals surface area (Å²) in [7, 11) is 1.23. The van der Waals surface area contributed by atoms with Gasteiger partial charge in [-0.2, -0.15) is 0 Å². The fourth-order valence-electron chi connectivity index (χ4n) is 2.26. The summed E-state index contributed by atoms with van der Waals surface area (Å²) < 4.78 is 4.72. The van der Waals surface area contributed by atoms with Crippen LogP contribution in [0, 0.1) is 10.1 Å². The average Bonchev–Trinajstić information content (AvgIpc) is 2.67. The van der Waals surface area contributed by atoms with Crippen molar-refractivity contribution >= 4 is 23.6 Å². The lowest BCUT2D eigenvalue weighted by Crippen LogP contribution is -2.41. The molecule has 7 heteroatoms. The molecule has 0 aliphatic carbocycles. The van der Waals surface area contributed by atoms with Crippen LogP contribution in [0.2, 0.25) is 0 Å². The van der Waals surface area contributed by atoms with Crippen molar-refractivity contribution in [2.75, 3.05) is 7.11 Å². The summed E-state index contributed by atoms with van der Waals surface area (Å²) in [5.41, 5.74) is 0.859. The van der Waals surface area contributed by atoms with Crippen LogP contribution in [0.4, 0.5) is 5.69 Å². The molecule has 0 unspecified atom stereocenters. The van der Waals surface area contributed by atoms with Crippen LogP contribution in [0.25, 0.3) is 6.08 Å². The Morgan fingerprint density at radius 2 is 1.92 bits per heavy atom. The molecule has 2 aromatic rings. The summed E-state index contributed by atoms with van der Waals surface area (Å²) >= 11 is 0. The molecule has 0 heterocycles. The second kappa shape index (κ2) is 9.12. The number of methoxy groups -OCH3 is 1. The first-order valence-corrected chi connectivity index (χ1v) is 7.86. The average molecular weight is 354 g/mol. The van der Waals surface area contributed by atoms with E-state index in [1.807, 2.05) is 36.4 Å². The number of ether oxygens (including phenoxy) is 1. The van der Waals surface area contributed by atoms with Crippen molar-refractivity contribution < 1.29 is 19.2 Å². The van der Waals surface area contributed by atoms with E-state index in [0.29, 0.717) is 0 Å². The van der Waals surface area contributed by atoms with Gasteiger partial charge in [-0.1, -0.05) is 48.6 Å². The van der Waals surface area contributed by atoms with Crippen molar-refractivity contribution in [3.05, 3.63) is 81.9 Å².